The van der Waals surface area contributed by atoms with E-state index < -0.39 is 0 Å². The highest BCUT2D eigenvalue weighted by molar-refractivity contribution is 7.99. The van der Waals surface area contributed by atoms with Gasteiger partial charge in [-0.1, -0.05) is 71.6 Å². The van der Waals surface area contributed by atoms with Crippen LogP contribution < -0.4 is 10.6 Å². The third-order valence-electron chi connectivity index (χ3n) is 5.41. The number of halogens is 1. The molecular weight excluding hydrogens is 558 g/mol. The molecular formula is C27H20FN5O3S3. The monoisotopic (exact) mass is 577 g/mol. The molecule has 39 heavy (non-hydrogen) atoms. The first-order chi connectivity index (χ1) is 19.0. The van der Waals surface area contributed by atoms with Gasteiger partial charge in [-0.25, -0.2) is 4.39 Å². The molecule has 0 radical (unpaired) electrons. The van der Waals surface area contributed by atoms with Crippen molar-refractivity contribution in [2.75, 3.05) is 11.1 Å². The second kappa shape index (κ2) is 12.2. The average molecular weight is 578 g/mol. The van der Waals surface area contributed by atoms with Gasteiger partial charge in [0.05, 0.1) is 5.75 Å². The van der Waals surface area contributed by atoms with E-state index in [0.717, 1.165) is 28.7 Å². The molecule has 0 aliphatic heterocycles. The number of benzene rings is 3. The Labute approximate surface area is 235 Å². The van der Waals surface area contributed by atoms with E-state index in [1.807, 2.05) is 60.7 Å². The fourth-order valence-corrected chi connectivity index (χ4v) is 5.52. The van der Waals surface area contributed by atoms with E-state index >= 15 is 0 Å². The molecule has 5 aromatic rings. The number of para-hydroxylation sites is 1. The average Bonchev–Trinajstić information content (AvgIpc) is 3.56. The lowest BCUT2D eigenvalue weighted by molar-refractivity contribution is -0.113. The van der Waals surface area contributed by atoms with E-state index in [1.165, 1.54) is 24.3 Å². The lowest BCUT2D eigenvalue weighted by Gasteiger charge is -2.12. The first-order valence-corrected chi connectivity index (χ1v) is 13.8. The van der Waals surface area contributed by atoms with E-state index in [2.05, 4.69) is 20.8 Å². The van der Waals surface area contributed by atoms with E-state index in [4.69, 9.17) is 16.6 Å². The Morgan fingerprint density at radius 3 is 2.38 bits per heavy atom. The molecule has 2 aromatic heterocycles. The zero-order valence-corrected chi connectivity index (χ0v) is 22.6. The van der Waals surface area contributed by atoms with Gasteiger partial charge in [-0.3, -0.25) is 14.2 Å². The Morgan fingerprint density at radius 2 is 1.67 bits per heavy atom. The van der Waals surface area contributed by atoms with Gasteiger partial charge in [0.15, 0.2) is 3.95 Å². The maximum Gasteiger partial charge on any atom is 0.277 e. The van der Waals surface area contributed by atoms with Crippen molar-refractivity contribution >= 4 is 52.1 Å². The first kappa shape index (κ1) is 26.5. The Bertz CT molecular complexity index is 1650. The van der Waals surface area contributed by atoms with Gasteiger partial charge >= 0.3 is 0 Å². The number of anilines is 1. The number of thiazole rings is 1. The summed E-state index contributed by atoms with van der Waals surface area (Å²) in [6.07, 6.45) is 0. The van der Waals surface area contributed by atoms with Crippen molar-refractivity contribution < 1.29 is 18.4 Å². The maximum atomic E-state index is 13.4. The maximum absolute atomic E-state index is 13.4. The van der Waals surface area contributed by atoms with E-state index in [0.29, 0.717) is 26.8 Å². The summed E-state index contributed by atoms with van der Waals surface area (Å²) in [5.41, 5.74) is 2.44. The summed E-state index contributed by atoms with van der Waals surface area (Å²) in [4.78, 5) is 26.3. The van der Waals surface area contributed by atoms with Crippen LogP contribution in [0.2, 0.25) is 0 Å². The summed E-state index contributed by atoms with van der Waals surface area (Å²) < 4.78 is 20.8. The van der Waals surface area contributed by atoms with Crippen molar-refractivity contribution in [3.05, 3.63) is 106 Å². The molecule has 5 rings (SSSR count). The van der Waals surface area contributed by atoms with Gasteiger partial charge in [-0.15, -0.1) is 10.2 Å². The molecule has 0 spiro atoms. The van der Waals surface area contributed by atoms with Crippen LogP contribution >= 0.6 is 35.3 Å². The van der Waals surface area contributed by atoms with Crippen molar-refractivity contribution in [3.8, 4) is 17.1 Å². The van der Waals surface area contributed by atoms with Crippen LogP contribution in [-0.2, 0) is 11.3 Å². The molecule has 0 saturated heterocycles. The fraction of sp³-hybridized carbons (Fsp3) is 0.0741. The van der Waals surface area contributed by atoms with Crippen LogP contribution in [0.1, 0.15) is 16.1 Å². The van der Waals surface area contributed by atoms with E-state index in [9.17, 15) is 14.0 Å². The molecule has 0 bridgehead atoms. The highest BCUT2D eigenvalue weighted by Gasteiger charge is 2.23. The molecule has 2 amide bonds. The van der Waals surface area contributed by atoms with Crippen LogP contribution in [0, 0.1) is 9.77 Å². The Morgan fingerprint density at radius 1 is 0.974 bits per heavy atom. The second-order valence-electron chi connectivity index (χ2n) is 8.10. The van der Waals surface area contributed by atoms with Gasteiger partial charge in [-0.05, 0) is 54.2 Å². The minimum Gasteiger partial charge on any atom is -0.411 e. The number of thioether (sulfide) groups is 1. The van der Waals surface area contributed by atoms with Crippen molar-refractivity contribution in [3.63, 3.8) is 0 Å². The number of carbonyl (C=O) groups is 2. The van der Waals surface area contributed by atoms with Crippen LogP contribution in [0.4, 0.5) is 9.39 Å². The quantitative estimate of drug-likeness (QED) is 0.161. The highest BCUT2D eigenvalue weighted by atomic mass is 32.2. The molecule has 0 unspecified atom stereocenters. The number of aromatic nitrogens is 3. The minimum absolute atomic E-state index is 0.0495. The molecule has 12 heteroatoms. The van der Waals surface area contributed by atoms with Crippen molar-refractivity contribution in [1.29, 1.82) is 0 Å². The summed E-state index contributed by atoms with van der Waals surface area (Å²) >= 11 is 7.75. The van der Waals surface area contributed by atoms with Gasteiger partial charge < -0.3 is 15.1 Å². The number of hydrogen-bond acceptors (Lipinski definition) is 8. The Kier molecular flexibility index (Phi) is 8.25. The number of carbonyl (C=O) groups excluding carboxylic acids is 2. The molecule has 0 fully saturated rings. The second-order valence-corrected chi connectivity index (χ2v) is 10.7. The van der Waals surface area contributed by atoms with Crippen LogP contribution in [0.5, 0.6) is 0 Å². The predicted molar refractivity (Wildman–Crippen MR) is 151 cm³/mol. The zero-order valence-electron chi connectivity index (χ0n) is 20.2. The molecule has 196 valence electrons. The topological polar surface area (TPSA) is 102 Å². The van der Waals surface area contributed by atoms with Gasteiger partial charge in [0.25, 0.3) is 11.1 Å². The number of hydrogen-bond donors (Lipinski definition) is 2. The fourth-order valence-electron chi connectivity index (χ4n) is 3.60. The zero-order chi connectivity index (χ0) is 27.2. The third-order valence-corrected chi connectivity index (χ3v) is 7.52. The Balaban J connectivity index is 1.32. The number of rotatable bonds is 9. The van der Waals surface area contributed by atoms with Gasteiger partial charge in [-0.2, -0.15) is 0 Å². The minimum atomic E-state index is -0.380. The van der Waals surface area contributed by atoms with Crippen LogP contribution in [0.15, 0.2) is 94.6 Å². The molecule has 2 heterocycles. The van der Waals surface area contributed by atoms with Gasteiger partial charge in [0.1, 0.15) is 16.5 Å². The van der Waals surface area contributed by atoms with Gasteiger partial charge in [0, 0.05) is 17.8 Å². The molecule has 2 N–H and O–H groups in total. The Hall–Kier alpha value is -4.13. The summed E-state index contributed by atoms with van der Waals surface area (Å²) in [5.74, 6) is -0.962. The molecule has 0 atom stereocenters. The van der Waals surface area contributed by atoms with Crippen molar-refractivity contribution in [1.82, 2.24) is 20.1 Å². The number of amides is 2. The van der Waals surface area contributed by atoms with E-state index in [-0.39, 0.29) is 40.2 Å². The predicted octanol–water partition coefficient (Wildman–Crippen LogP) is 6.12. The molecule has 0 aliphatic rings. The van der Waals surface area contributed by atoms with Crippen LogP contribution in [0.3, 0.4) is 0 Å². The lowest BCUT2D eigenvalue weighted by atomic mass is 10.2. The van der Waals surface area contributed by atoms with Gasteiger partial charge in [0.2, 0.25) is 11.8 Å². The normalized spacial score (nSPS) is 10.8. The SMILES string of the molecule is O=C(CSc1nnc(-c2ccc(F)cc2)o1)Nc1sc(=S)n(-c2ccccc2)c1C(=O)NCc1ccccc1. The van der Waals surface area contributed by atoms with Crippen LogP contribution in [0.25, 0.3) is 17.1 Å². The van der Waals surface area contributed by atoms with Crippen molar-refractivity contribution in [2.45, 2.75) is 11.8 Å². The van der Waals surface area contributed by atoms with Crippen LogP contribution in [-0.4, -0.2) is 32.3 Å². The summed E-state index contributed by atoms with van der Waals surface area (Å²) in [5, 5.41) is 14.1. The molecule has 0 aliphatic carbocycles. The summed E-state index contributed by atoms with van der Waals surface area (Å²) in [7, 11) is 0. The molecule has 3 aromatic carbocycles. The molecule has 0 saturated carbocycles. The van der Waals surface area contributed by atoms with Crippen molar-refractivity contribution in [2.24, 2.45) is 0 Å². The largest absolute Gasteiger partial charge is 0.411 e. The van der Waals surface area contributed by atoms with E-state index in [1.54, 1.807) is 4.57 Å². The molecule has 8 nitrogen and oxygen atoms in total. The lowest BCUT2D eigenvalue weighted by Crippen LogP contribution is -2.27. The summed E-state index contributed by atoms with van der Waals surface area (Å²) in [6.45, 7) is 0.313. The highest BCUT2D eigenvalue weighted by Crippen LogP contribution is 2.30. The number of nitrogens with zero attached hydrogens (tertiary/aromatic N) is 3. The third kappa shape index (κ3) is 6.48. The first-order valence-electron chi connectivity index (χ1n) is 11.6. The summed E-state index contributed by atoms with van der Waals surface area (Å²) in [6, 6.07) is 24.4. The standard InChI is InChI=1S/C27H20FN5O3S3/c28-19-13-11-18(12-14-19)24-31-32-26(36-24)38-16-21(34)30-25-22(23(35)29-15-17-7-3-1-4-8-17)33(27(37)39-25)20-9-5-2-6-10-20/h1-14H,15-16H2,(H,29,35)(H,30,34). The number of nitrogens with one attached hydrogen (secondary N) is 2. The smallest absolute Gasteiger partial charge is 0.277 e.